The molecule has 2 heterocycles. The van der Waals surface area contributed by atoms with E-state index in [1.54, 1.807) is 29.2 Å². The van der Waals surface area contributed by atoms with Gasteiger partial charge < -0.3 is 20.3 Å². The maximum absolute atomic E-state index is 15.6. The van der Waals surface area contributed by atoms with Gasteiger partial charge >= 0.3 is 6.18 Å². The zero-order valence-electron chi connectivity index (χ0n) is 22.8. The summed E-state index contributed by atoms with van der Waals surface area (Å²) in [6.07, 6.45) is -1.88. The number of aromatic nitrogens is 1. The number of methoxy groups -OCH3 is 1. The minimum atomic E-state index is -4.57. The van der Waals surface area contributed by atoms with Gasteiger partial charge in [0.25, 0.3) is 0 Å². The van der Waals surface area contributed by atoms with Gasteiger partial charge in [0, 0.05) is 31.4 Å². The lowest BCUT2D eigenvalue weighted by molar-refractivity contribution is -0.137. The molecule has 2 N–H and O–H groups in total. The second kappa shape index (κ2) is 12.6. The van der Waals surface area contributed by atoms with E-state index in [0.29, 0.717) is 42.1 Å². The predicted octanol–water partition coefficient (Wildman–Crippen LogP) is 5.05. The van der Waals surface area contributed by atoms with Gasteiger partial charge in [-0.05, 0) is 74.8 Å². The fraction of sp³-hybridized carbons (Fsp3) is 0.367. The standard InChI is InChI=1S/C30H31F4N5O2/c1-36-12-5-13-37-28(40)29(22-17-24(31)27(38-19-22)23-6-3-4-7-26(23)41-2)10-14-39(15-11-29)25-9-8-21(30(32,33)34)16-20(25)18-35/h3-4,6-9,16-17,19,36H,5,10-15H2,1-2H3,(H,37,40). The number of benzene rings is 2. The van der Waals surface area contributed by atoms with Gasteiger partial charge in [0.1, 0.15) is 23.3 Å². The number of rotatable bonds is 9. The van der Waals surface area contributed by atoms with Gasteiger partial charge in [-0.1, -0.05) is 12.1 Å². The number of para-hydroxylation sites is 1. The molecule has 1 saturated heterocycles. The molecule has 0 atom stereocenters. The van der Waals surface area contributed by atoms with Crippen LogP contribution in [0.25, 0.3) is 11.3 Å². The third-order valence-corrected chi connectivity index (χ3v) is 7.48. The molecule has 7 nitrogen and oxygen atoms in total. The molecule has 41 heavy (non-hydrogen) atoms. The Morgan fingerprint density at radius 3 is 2.51 bits per heavy atom. The van der Waals surface area contributed by atoms with Gasteiger partial charge in [-0.2, -0.15) is 18.4 Å². The molecule has 1 aromatic heterocycles. The number of amides is 1. The Hall–Kier alpha value is -4.17. The summed E-state index contributed by atoms with van der Waals surface area (Å²) in [7, 11) is 3.30. The minimum absolute atomic E-state index is 0.0941. The molecule has 0 bridgehead atoms. The van der Waals surface area contributed by atoms with Crippen molar-refractivity contribution < 1.29 is 27.1 Å². The molecular weight excluding hydrogens is 538 g/mol. The number of ether oxygens (including phenoxy) is 1. The first kappa shape index (κ1) is 29.8. The van der Waals surface area contributed by atoms with E-state index in [2.05, 4.69) is 15.6 Å². The van der Waals surface area contributed by atoms with Crippen LogP contribution in [-0.4, -0.2) is 51.2 Å². The molecule has 1 amide bonds. The molecule has 1 aliphatic rings. The Morgan fingerprint density at radius 1 is 1.15 bits per heavy atom. The van der Waals surface area contributed by atoms with Gasteiger partial charge in [0.2, 0.25) is 5.91 Å². The zero-order valence-corrected chi connectivity index (χ0v) is 22.8. The lowest BCUT2D eigenvalue weighted by Gasteiger charge is -2.42. The molecule has 0 aliphatic carbocycles. The molecule has 216 valence electrons. The highest BCUT2D eigenvalue weighted by atomic mass is 19.4. The molecule has 0 saturated carbocycles. The summed E-state index contributed by atoms with van der Waals surface area (Å²) in [5.74, 6) is -0.416. The number of pyridine rings is 1. The van der Waals surface area contributed by atoms with Gasteiger partial charge in [0.15, 0.2) is 0 Å². The van der Waals surface area contributed by atoms with Crippen molar-refractivity contribution in [2.24, 2.45) is 0 Å². The predicted molar refractivity (Wildman–Crippen MR) is 147 cm³/mol. The largest absolute Gasteiger partial charge is 0.496 e. The van der Waals surface area contributed by atoms with Crippen molar-refractivity contribution in [3.05, 3.63) is 77.2 Å². The number of alkyl halides is 3. The first-order chi connectivity index (χ1) is 19.6. The van der Waals surface area contributed by atoms with Crippen LogP contribution in [0, 0.1) is 17.1 Å². The SMILES string of the molecule is CNCCCNC(=O)C1(c2cnc(-c3ccccc3OC)c(F)c2)CCN(c2ccc(C(F)(F)F)cc2C#N)CC1. The fourth-order valence-corrected chi connectivity index (χ4v) is 5.23. The highest BCUT2D eigenvalue weighted by Crippen LogP contribution is 2.40. The molecular formula is C30H31F4N5O2. The van der Waals surface area contributed by atoms with E-state index in [9.17, 15) is 23.2 Å². The number of halogens is 4. The fourth-order valence-electron chi connectivity index (χ4n) is 5.23. The van der Waals surface area contributed by atoms with Gasteiger partial charge in [-0.15, -0.1) is 0 Å². The molecule has 1 aliphatic heterocycles. The summed E-state index contributed by atoms with van der Waals surface area (Å²) in [6, 6.07) is 13.2. The van der Waals surface area contributed by atoms with Crippen molar-refractivity contribution in [3.63, 3.8) is 0 Å². The Labute approximate surface area is 236 Å². The summed E-state index contributed by atoms with van der Waals surface area (Å²) in [4.78, 5) is 19.9. The first-order valence-electron chi connectivity index (χ1n) is 13.2. The zero-order chi connectivity index (χ0) is 29.6. The molecule has 4 rings (SSSR count). The summed E-state index contributed by atoms with van der Waals surface area (Å²) in [5.41, 5.74) is -0.782. The van der Waals surface area contributed by atoms with Crippen LogP contribution in [-0.2, 0) is 16.4 Å². The summed E-state index contributed by atoms with van der Waals surface area (Å²) < 4.78 is 60.5. The van der Waals surface area contributed by atoms with E-state index < -0.39 is 23.0 Å². The van der Waals surface area contributed by atoms with E-state index in [0.717, 1.165) is 12.1 Å². The van der Waals surface area contributed by atoms with Crippen LogP contribution < -0.4 is 20.3 Å². The third-order valence-electron chi connectivity index (χ3n) is 7.48. The second-order valence-electron chi connectivity index (χ2n) is 9.88. The van der Waals surface area contributed by atoms with Crippen LogP contribution in [0.15, 0.2) is 54.7 Å². The molecule has 0 spiro atoms. The van der Waals surface area contributed by atoms with E-state index in [1.807, 2.05) is 13.1 Å². The molecule has 1 fully saturated rings. The summed E-state index contributed by atoms with van der Waals surface area (Å²) in [5, 5.41) is 15.6. The summed E-state index contributed by atoms with van der Waals surface area (Å²) in [6.45, 7) is 1.65. The second-order valence-corrected chi connectivity index (χ2v) is 9.88. The summed E-state index contributed by atoms with van der Waals surface area (Å²) >= 11 is 0. The van der Waals surface area contributed by atoms with E-state index in [-0.39, 0.29) is 43.1 Å². The van der Waals surface area contributed by atoms with Crippen LogP contribution in [0.5, 0.6) is 5.75 Å². The van der Waals surface area contributed by atoms with Crippen molar-refractivity contribution in [3.8, 4) is 23.1 Å². The van der Waals surface area contributed by atoms with Gasteiger partial charge in [0.05, 0.1) is 29.3 Å². The van der Waals surface area contributed by atoms with E-state index in [1.165, 1.54) is 25.4 Å². The van der Waals surface area contributed by atoms with Gasteiger partial charge in [-0.3, -0.25) is 9.78 Å². The van der Waals surface area contributed by atoms with Crippen LogP contribution in [0.3, 0.4) is 0 Å². The smallest absolute Gasteiger partial charge is 0.416 e. The molecule has 2 aromatic carbocycles. The number of nitriles is 1. The number of anilines is 1. The van der Waals surface area contributed by atoms with Crippen molar-refractivity contribution in [2.75, 3.05) is 45.2 Å². The Kier molecular flexibility index (Phi) is 9.13. The third kappa shape index (κ3) is 6.28. The molecule has 3 aromatic rings. The quantitative estimate of drug-likeness (QED) is 0.277. The number of carbonyl (C=O) groups excluding carboxylic acids is 1. The monoisotopic (exact) mass is 569 g/mol. The molecule has 0 radical (unpaired) electrons. The lowest BCUT2D eigenvalue weighted by Crippen LogP contribution is -2.52. The van der Waals surface area contributed by atoms with Crippen molar-refractivity contribution in [1.82, 2.24) is 15.6 Å². The maximum Gasteiger partial charge on any atom is 0.416 e. The van der Waals surface area contributed by atoms with Crippen LogP contribution >= 0.6 is 0 Å². The Balaban J connectivity index is 1.66. The lowest BCUT2D eigenvalue weighted by atomic mass is 9.72. The molecule has 0 unspecified atom stereocenters. The van der Waals surface area contributed by atoms with Crippen molar-refractivity contribution in [1.29, 1.82) is 5.26 Å². The number of hydrogen-bond donors (Lipinski definition) is 2. The van der Waals surface area contributed by atoms with Crippen molar-refractivity contribution >= 4 is 11.6 Å². The number of carbonyl (C=O) groups is 1. The van der Waals surface area contributed by atoms with Crippen LogP contribution in [0.2, 0.25) is 0 Å². The average Bonchev–Trinajstić information content (AvgIpc) is 2.98. The highest BCUT2D eigenvalue weighted by Gasteiger charge is 2.44. The Bertz CT molecular complexity index is 1430. The van der Waals surface area contributed by atoms with E-state index >= 15 is 4.39 Å². The van der Waals surface area contributed by atoms with Crippen LogP contribution in [0.4, 0.5) is 23.2 Å². The number of nitrogens with one attached hydrogen (secondary N) is 2. The van der Waals surface area contributed by atoms with E-state index in [4.69, 9.17) is 4.74 Å². The van der Waals surface area contributed by atoms with Crippen molar-refractivity contribution in [2.45, 2.75) is 30.9 Å². The molecule has 11 heteroatoms. The first-order valence-corrected chi connectivity index (χ1v) is 13.2. The van der Waals surface area contributed by atoms with Gasteiger partial charge in [-0.25, -0.2) is 4.39 Å². The maximum atomic E-state index is 15.6. The van der Waals surface area contributed by atoms with Crippen LogP contribution in [0.1, 0.15) is 36.0 Å². The number of nitrogens with zero attached hydrogens (tertiary/aromatic N) is 3. The number of hydrogen-bond acceptors (Lipinski definition) is 6. The number of piperidine rings is 1. The topological polar surface area (TPSA) is 90.3 Å². The highest BCUT2D eigenvalue weighted by molar-refractivity contribution is 5.89. The Morgan fingerprint density at radius 2 is 1.88 bits per heavy atom. The normalized spacial score (nSPS) is 14.8. The minimum Gasteiger partial charge on any atom is -0.496 e. The average molecular weight is 570 g/mol.